The molecule has 0 unspecified atom stereocenters. The Balaban J connectivity index is 2.01. The van der Waals surface area contributed by atoms with Crippen LogP contribution < -0.4 is 4.74 Å². The van der Waals surface area contributed by atoms with Crippen molar-refractivity contribution in [3.63, 3.8) is 0 Å². The number of ether oxygens (including phenoxy) is 1. The van der Waals surface area contributed by atoms with E-state index < -0.39 is 0 Å². The first-order valence-corrected chi connectivity index (χ1v) is 7.72. The van der Waals surface area contributed by atoms with Gasteiger partial charge in [0.2, 0.25) is 0 Å². The maximum Gasteiger partial charge on any atom is 0.181 e. The van der Waals surface area contributed by atoms with Crippen LogP contribution in [0.4, 0.5) is 0 Å². The van der Waals surface area contributed by atoms with Gasteiger partial charge < -0.3 is 9.72 Å². The quantitative estimate of drug-likeness (QED) is 0.720. The highest BCUT2D eigenvalue weighted by molar-refractivity contribution is 8.03. The van der Waals surface area contributed by atoms with Gasteiger partial charge in [0.25, 0.3) is 0 Å². The number of imidazole rings is 1. The van der Waals surface area contributed by atoms with E-state index in [2.05, 4.69) is 33.4 Å². The van der Waals surface area contributed by atoms with Crippen LogP contribution >= 0.6 is 11.8 Å². The molecule has 0 aliphatic heterocycles. The summed E-state index contributed by atoms with van der Waals surface area (Å²) >= 11 is 1.65. The lowest BCUT2D eigenvalue weighted by Gasteiger charge is -2.09. The minimum atomic E-state index is 0.643. The maximum atomic E-state index is 5.51. The fraction of sp³-hybridized carbons (Fsp3) is 0.188. The average Bonchev–Trinajstić information content (AvgIpc) is 2.98. The van der Waals surface area contributed by atoms with Crippen LogP contribution in [0.25, 0.3) is 22.6 Å². The van der Waals surface area contributed by atoms with E-state index in [1.54, 1.807) is 25.1 Å². The average molecular weight is 312 g/mol. The topological polar surface area (TPSA) is 63.7 Å². The zero-order valence-electron chi connectivity index (χ0n) is 12.5. The van der Waals surface area contributed by atoms with Gasteiger partial charge in [0, 0.05) is 4.90 Å². The van der Waals surface area contributed by atoms with Crippen LogP contribution in [0.2, 0.25) is 0 Å². The van der Waals surface area contributed by atoms with E-state index in [9.17, 15) is 0 Å². The third-order valence-electron chi connectivity index (χ3n) is 3.25. The summed E-state index contributed by atoms with van der Waals surface area (Å²) in [6.07, 6.45) is 4.14. The number of fused-ring (bicyclic) bond motifs is 1. The zero-order valence-corrected chi connectivity index (χ0v) is 13.3. The van der Waals surface area contributed by atoms with Crippen molar-refractivity contribution >= 4 is 22.9 Å². The third-order valence-corrected chi connectivity index (χ3v) is 4.31. The Morgan fingerprint density at radius 1 is 1.41 bits per heavy atom. The molecule has 0 radical (unpaired) electrons. The SMILES string of the molecule is C=C(CC)Sc1ccc(-c2nc3ncncc3[nH]2)c(OC)c1. The first-order valence-electron chi connectivity index (χ1n) is 6.91. The lowest BCUT2D eigenvalue weighted by atomic mass is 10.2. The van der Waals surface area contributed by atoms with E-state index in [1.165, 1.54) is 6.33 Å². The molecule has 0 amide bonds. The number of rotatable bonds is 5. The maximum absolute atomic E-state index is 5.51. The molecule has 2 heterocycles. The van der Waals surface area contributed by atoms with Crippen molar-refractivity contribution in [2.45, 2.75) is 18.2 Å². The lowest BCUT2D eigenvalue weighted by Crippen LogP contribution is -1.90. The van der Waals surface area contributed by atoms with Crippen LogP contribution in [-0.4, -0.2) is 27.0 Å². The molecule has 3 rings (SSSR count). The number of hydrogen-bond acceptors (Lipinski definition) is 5. The molecule has 1 aromatic carbocycles. The van der Waals surface area contributed by atoms with Crippen molar-refractivity contribution < 1.29 is 4.74 Å². The second-order valence-electron chi connectivity index (χ2n) is 4.70. The number of thioether (sulfide) groups is 1. The Labute approximate surface area is 132 Å². The highest BCUT2D eigenvalue weighted by atomic mass is 32.2. The molecule has 0 aliphatic rings. The smallest absolute Gasteiger partial charge is 0.181 e. The molecular formula is C16H16N4OS. The highest BCUT2D eigenvalue weighted by Crippen LogP contribution is 2.35. The van der Waals surface area contributed by atoms with Gasteiger partial charge in [-0.1, -0.05) is 25.3 Å². The van der Waals surface area contributed by atoms with E-state index in [0.29, 0.717) is 5.65 Å². The summed E-state index contributed by atoms with van der Waals surface area (Å²) in [4.78, 5) is 18.1. The predicted octanol–water partition coefficient (Wildman–Crippen LogP) is 4.04. The van der Waals surface area contributed by atoms with Gasteiger partial charge in [0.05, 0.1) is 18.9 Å². The molecule has 0 bridgehead atoms. The second-order valence-corrected chi connectivity index (χ2v) is 5.95. The summed E-state index contributed by atoms with van der Waals surface area (Å²) in [5.41, 5.74) is 2.34. The Kier molecular flexibility index (Phi) is 4.11. The Morgan fingerprint density at radius 3 is 3.00 bits per heavy atom. The molecule has 0 fully saturated rings. The van der Waals surface area contributed by atoms with E-state index in [-0.39, 0.29) is 0 Å². The van der Waals surface area contributed by atoms with Crippen molar-refractivity contribution in [3.05, 3.63) is 42.2 Å². The Bertz CT molecular complexity index is 795. The first-order chi connectivity index (χ1) is 10.7. The van der Waals surface area contributed by atoms with Crippen molar-refractivity contribution in [2.75, 3.05) is 7.11 Å². The summed E-state index contributed by atoms with van der Waals surface area (Å²) in [7, 11) is 1.66. The molecule has 2 aromatic heterocycles. The monoisotopic (exact) mass is 312 g/mol. The predicted molar refractivity (Wildman–Crippen MR) is 89.0 cm³/mol. The minimum absolute atomic E-state index is 0.643. The number of benzene rings is 1. The standard InChI is InChI=1S/C16H16N4OS/c1-4-10(2)22-11-5-6-12(14(7-11)21-3)15-19-13-8-17-9-18-16(13)20-15/h5-9H,2,4H2,1,3H3,(H,17,18,19,20). The van der Waals surface area contributed by atoms with Gasteiger partial charge in [-0.15, -0.1) is 0 Å². The van der Waals surface area contributed by atoms with E-state index >= 15 is 0 Å². The summed E-state index contributed by atoms with van der Waals surface area (Å²) < 4.78 is 5.51. The van der Waals surface area contributed by atoms with Crippen molar-refractivity contribution in [2.24, 2.45) is 0 Å². The van der Waals surface area contributed by atoms with Crippen LogP contribution in [0, 0.1) is 0 Å². The molecule has 0 saturated heterocycles. The molecule has 1 N–H and O–H groups in total. The van der Waals surface area contributed by atoms with Crippen LogP contribution in [0.5, 0.6) is 5.75 Å². The second kappa shape index (κ2) is 6.19. The number of aromatic amines is 1. The van der Waals surface area contributed by atoms with Gasteiger partial charge in [0.15, 0.2) is 5.65 Å². The normalized spacial score (nSPS) is 10.8. The third kappa shape index (κ3) is 2.82. The number of allylic oxidation sites excluding steroid dienone is 1. The number of nitrogens with zero attached hydrogens (tertiary/aromatic N) is 3. The van der Waals surface area contributed by atoms with E-state index in [0.717, 1.165) is 38.9 Å². The van der Waals surface area contributed by atoms with Gasteiger partial charge >= 0.3 is 0 Å². The Hall–Kier alpha value is -2.34. The lowest BCUT2D eigenvalue weighted by molar-refractivity contribution is 0.415. The first kappa shape index (κ1) is 14.6. The molecule has 5 nitrogen and oxygen atoms in total. The molecular weight excluding hydrogens is 296 g/mol. The molecule has 6 heteroatoms. The summed E-state index contributed by atoms with van der Waals surface area (Å²) in [6.45, 7) is 6.12. The summed E-state index contributed by atoms with van der Waals surface area (Å²) in [6, 6.07) is 6.04. The molecule has 0 saturated carbocycles. The fourth-order valence-corrected chi connectivity index (χ4v) is 2.84. The van der Waals surface area contributed by atoms with E-state index in [1.807, 2.05) is 18.2 Å². The minimum Gasteiger partial charge on any atom is -0.496 e. The van der Waals surface area contributed by atoms with Crippen LogP contribution in [-0.2, 0) is 0 Å². The van der Waals surface area contributed by atoms with Crippen LogP contribution in [0.3, 0.4) is 0 Å². The van der Waals surface area contributed by atoms with Crippen LogP contribution in [0.15, 0.2) is 47.1 Å². The van der Waals surface area contributed by atoms with Gasteiger partial charge in [-0.3, -0.25) is 0 Å². The number of H-pyrrole nitrogens is 1. The van der Waals surface area contributed by atoms with Crippen molar-refractivity contribution in [1.29, 1.82) is 0 Å². The molecule has 0 atom stereocenters. The summed E-state index contributed by atoms with van der Waals surface area (Å²) in [5.74, 6) is 1.49. The molecule has 22 heavy (non-hydrogen) atoms. The number of nitrogens with one attached hydrogen (secondary N) is 1. The van der Waals surface area contributed by atoms with Crippen molar-refractivity contribution in [3.8, 4) is 17.1 Å². The summed E-state index contributed by atoms with van der Waals surface area (Å²) in [5, 5.41) is 0. The molecule has 3 aromatic rings. The highest BCUT2D eigenvalue weighted by Gasteiger charge is 2.12. The van der Waals surface area contributed by atoms with Crippen molar-refractivity contribution in [1.82, 2.24) is 19.9 Å². The Morgan fingerprint density at radius 2 is 2.27 bits per heavy atom. The van der Waals surface area contributed by atoms with Gasteiger partial charge in [-0.25, -0.2) is 15.0 Å². The number of hydrogen-bond donors (Lipinski definition) is 1. The molecule has 112 valence electrons. The number of methoxy groups -OCH3 is 1. The van der Waals surface area contributed by atoms with Gasteiger partial charge in [-0.05, 0) is 29.5 Å². The largest absolute Gasteiger partial charge is 0.496 e. The van der Waals surface area contributed by atoms with Crippen LogP contribution in [0.1, 0.15) is 13.3 Å². The van der Waals surface area contributed by atoms with E-state index in [4.69, 9.17) is 4.74 Å². The fourth-order valence-electron chi connectivity index (χ4n) is 2.06. The zero-order chi connectivity index (χ0) is 15.5. The molecule has 0 aliphatic carbocycles. The van der Waals surface area contributed by atoms with Gasteiger partial charge in [-0.2, -0.15) is 0 Å². The molecule has 0 spiro atoms. The number of aromatic nitrogens is 4. The van der Waals surface area contributed by atoms with Gasteiger partial charge in [0.1, 0.15) is 23.4 Å².